The van der Waals surface area contributed by atoms with Crippen molar-refractivity contribution in [3.63, 3.8) is 0 Å². The summed E-state index contributed by atoms with van der Waals surface area (Å²) in [6, 6.07) is 0. The Bertz CT molecular complexity index is 347. The first-order valence-corrected chi connectivity index (χ1v) is 5.76. The van der Waals surface area contributed by atoms with Crippen LogP contribution in [0.3, 0.4) is 0 Å². The van der Waals surface area contributed by atoms with Crippen molar-refractivity contribution in [1.29, 1.82) is 0 Å². The van der Waals surface area contributed by atoms with Gasteiger partial charge in [0, 0.05) is 12.4 Å². The average molecular weight is 220 g/mol. The topological polar surface area (TPSA) is 63.1 Å². The molecule has 4 nitrogen and oxygen atoms in total. The number of Topliss-reactive ketones (excluding diaryl/α,β-unsaturated/α-hetero) is 1. The molecule has 1 aliphatic carbocycles. The van der Waals surface area contributed by atoms with Crippen LogP contribution in [-0.4, -0.2) is 27.0 Å². The molecule has 0 aromatic carbocycles. The van der Waals surface area contributed by atoms with Gasteiger partial charge in [0.1, 0.15) is 12.4 Å². The summed E-state index contributed by atoms with van der Waals surface area (Å²) in [5.41, 5.74) is 0.403. The van der Waals surface area contributed by atoms with Crippen LogP contribution in [0.25, 0.3) is 0 Å². The molecule has 1 aliphatic rings. The predicted molar refractivity (Wildman–Crippen MR) is 58.9 cm³/mol. The van der Waals surface area contributed by atoms with Crippen molar-refractivity contribution < 1.29 is 9.90 Å². The van der Waals surface area contributed by atoms with Crippen LogP contribution < -0.4 is 0 Å². The number of nitrogens with zero attached hydrogens (tertiary/aromatic N) is 2. The largest absolute Gasteiger partial charge is 0.385 e. The van der Waals surface area contributed by atoms with Gasteiger partial charge in [0.15, 0.2) is 5.78 Å². The predicted octanol–water partition coefficient (Wildman–Crippen LogP) is 1.60. The summed E-state index contributed by atoms with van der Waals surface area (Å²) in [7, 11) is 0. The molecule has 1 N–H and O–H groups in total. The van der Waals surface area contributed by atoms with E-state index >= 15 is 0 Å². The molecule has 0 spiro atoms. The van der Waals surface area contributed by atoms with Gasteiger partial charge in [0.25, 0.3) is 0 Å². The molecule has 1 atom stereocenters. The van der Waals surface area contributed by atoms with E-state index < -0.39 is 6.10 Å². The van der Waals surface area contributed by atoms with E-state index in [0.717, 1.165) is 25.7 Å². The molecule has 1 aromatic rings. The molecule has 1 fully saturated rings. The van der Waals surface area contributed by atoms with Crippen LogP contribution in [0.2, 0.25) is 0 Å². The van der Waals surface area contributed by atoms with Crippen molar-refractivity contribution >= 4 is 5.78 Å². The molecule has 1 heterocycles. The third-order valence-electron chi connectivity index (χ3n) is 3.21. The monoisotopic (exact) mass is 220 g/mol. The van der Waals surface area contributed by atoms with Crippen molar-refractivity contribution in [3.05, 3.63) is 24.3 Å². The highest BCUT2D eigenvalue weighted by Crippen LogP contribution is 2.27. The standard InChI is InChI=1S/C12H16N2O2/c15-11(9-4-2-1-3-5-9)12(16)10-6-13-8-14-7-10/h6-9,11,15H,1-5H2. The maximum atomic E-state index is 11.9. The van der Waals surface area contributed by atoms with Crippen LogP contribution in [0, 0.1) is 5.92 Å². The number of rotatable bonds is 3. The van der Waals surface area contributed by atoms with Crippen molar-refractivity contribution in [2.45, 2.75) is 38.2 Å². The second-order valence-corrected chi connectivity index (χ2v) is 4.33. The molecule has 0 radical (unpaired) electrons. The Morgan fingerprint density at radius 1 is 1.25 bits per heavy atom. The third-order valence-corrected chi connectivity index (χ3v) is 3.21. The van der Waals surface area contributed by atoms with Crippen LogP contribution in [0.5, 0.6) is 0 Å². The Labute approximate surface area is 94.7 Å². The Hall–Kier alpha value is -1.29. The molecule has 1 unspecified atom stereocenters. The highest BCUT2D eigenvalue weighted by atomic mass is 16.3. The van der Waals surface area contributed by atoms with E-state index in [1.54, 1.807) is 0 Å². The van der Waals surface area contributed by atoms with Crippen LogP contribution in [0.15, 0.2) is 18.7 Å². The number of carbonyl (C=O) groups is 1. The quantitative estimate of drug-likeness (QED) is 0.786. The Balaban J connectivity index is 2.04. The maximum Gasteiger partial charge on any atom is 0.194 e. The van der Waals surface area contributed by atoms with Crippen molar-refractivity contribution in [1.82, 2.24) is 9.97 Å². The summed E-state index contributed by atoms with van der Waals surface area (Å²) in [4.78, 5) is 19.5. The summed E-state index contributed by atoms with van der Waals surface area (Å²) in [5.74, 6) is -0.131. The molecular weight excluding hydrogens is 204 g/mol. The van der Waals surface area contributed by atoms with Crippen LogP contribution in [-0.2, 0) is 0 Å². The lowest BCUT2D eigenvalue weighted by atomic mass is 9.83. The number of ketones is 1. The van der Waals surface area contributed by atoms with Gasteiger partial charge in [-0.05, 0) is 18.8 Å². The number of hydrogen-bond donors (Lipinski definition) is 1. The molecule has 4 heteroatoms. The minimum atomic E-state index is -0.883. The zero-order valence-corrected chi connectivity index (χ0v) is 9.17. The fourth-order valence-electron chi connectivity index (χ4n) is 2.26. The van der Waals surface area contributed by atoms with Crippen LogP contribution in [0.1, 0.15) is 42.5 Å². The molecule has 16 heavy (non-hydrogen) atoms. The Morgan fingerprint density at radius 3 is 2.50 bits per heavy atom. The lowest BCUT2D eigenvalue weighted by molar-refractivity contribution is 0.0534. The smallest absolute Gasteiger partial charge is 0.194 e. The molecule has 1 saturated carbocycles. The first-order valence-electron chi connectivity index (χ1n) is 5.76. The second kappa shape index (κ2) is 5.16. The van der Waals surface area contributed by atoms with Gasteiger partial charge in [-0.3, -0.25) is 4.79 Å². The van der Waals surface area contributed by atoms with E-state index in [4.69, 9.17) is 0 Å². The summed E-state index contributed by atoms with van der Waals surface area (Å²) < 4.78 is 0. The summed E-state index contributed by atoms with van der Waals surface area (Å²) >= 11 is 0. The van der Waals surface area contributed by atoms with Crippen LogP contribution in [0.4, 0.5) is 0 Å². The number of hydrogen-bond acceptors (Lipinski definition) is 4. The zero-order valence-electron chi connectivity index (χ0n) is 9.17. The normalized spacial score (nSPS) is 19.3. The van der Waals surface area contributed by atoms with Crippen molar-refractivity contribution in [2.24, 2.45) is 5.92 Å². The van der Waals surface area contributed by atoms with Gasteiger partial charge in [-0.1, -0.05) is 19.3 Å². The number of carbonyl (C=O) groups excluding carboxylic acids is 1. The van der Waals surface area contributed by atoms with E-state index in [-0.39, 0.29) is 11.7 Å². The van der Waals surface area contributed by atoms with Gasteiger partial charge in [-0.25, -0.2) is 9.97 Å². The first-order chi connectivity index (χ1) is 7.79. The highest BCUT2D eigenvalue weighted by molar-refractivity contribution is 5.98. The third kappa shape index (κ3) is 2.44. The van der Waals surface area contributed by atoms with E-state index in [2.05, 4.69) is 9.97 Å². The number of aromatic nitrogens is 2. The molecular formula is C12H16N2O2. The fourth-order valence-corrected chi connectivity index (χ4v) is 2.26. The minimum absolute atomic E-state index is 0.112. The highest BCUT2D eigenvalue weighted by Gasteiger charge is 2.28. The average Bonchev–Trinajstić information content (AvgIpc) is 2.39. The molecule has 0 aliphatic heterocycles. The lowest BCUT2D eigenvalue weighted by Crippen LogP contribution is -2.31. The van der Waals surface area contributed by atoms with Gasteiger partial charge in [-0.2, -0.15) is 0 Å². The number of aliphatic hydroxyl groups is 1. The van der Waals surface area contributed by atoms with Crippen molar-refractivity contribution in [2.75, 3.05) is 0 Å². The minimum Gasteiger partial charge on any atom is -0.385 e. The molecule has 1 aromatic heterocycles. The first kappa shape index (κ1) is 11.2. The second-order valence-electron chi connectivity index (χ2n) is 4.33. The summed E-state index contributed by atoms with van der Waals surface area (Å²) in [6.07, 6.45) is 8.74. The SMILES string of the molecule is O=C(c1cncnc1)C(O)C1CCCCC1. The van der Waals surface area contributed by atoms with E-state index in [0.29, 0.717) is 5.56 Å². The molecule has 0 amide bonds. The van der Waals surface area contributed by atoms with Gasteiger partial charge < -0.3 is 5.11 Å². The molecule has 86 valence electrons. The Morgan fingerprint density at radius 2 is 1.88 bits per heavy atom. The summed E-state index contributed by atoms with van der Waals surface area (Å²) in [6.45, 7) is 0. The molecule has 0 bridgehead atoms. The van der Waals surface area contributed by atoms with Crippen molar-refractivity contribution in [3.8, 4) is 0 Å². The van der Waals surface area contributed by atoms with Gasteiger partial charge in [-0.15, -0.1) is 0 Å². The van der Waals surface area contributed by atoms with Crippen LogP contribution >= 0.6 is 0 Å². The van der Waals surface area contributed by atoms with E-state index in [1.807, 2.05) is 0 Å². The fraction of sp³-hybridized carbons (Fsp3) is 0.583. The van der Waals surface area contributed by atoms with Gasteiger partial charge >= 0.3 is 0 Å². The lowest BCUT2D eigenvalue weighted by Gasteiger charge is -2.25. The van der Waals surface area contributed by atoms with E-state index in [1.165, 1.54) is 25.1 Å². The van der Waals surface area contributed by atoms with Gasteiger partial charge in [0.05, 0.1) is 5.56 Å². The number of aliphatic hydroxyl groups excluding tert-OH is 1. The summed E-state index contributed by atoms with van der Waals surface area (Å²) in [5, 5.41) is 9.99. The molecule has 2 rings (SSSR count). The Kier molecular flexibility index (Phi) is 3.62. The maximum absolute atomic E-state index is 11.9. The van der Waals surface area contributed by atoms with E-state index in [9.17, 15) is 9.90 Å². The zero-order chi connectivity index (χ0) is 11.4. The molecule has 0 saturated heterocycles. The van der Waals surface area contributed by atoms with Gasteiger partial charge in [0.2, 0.25) is 0 Å².